The number of hydrogen-bond acceptors (Lipinski definition) is 4. The van der Waals surface area contributed by atoms with Gasteiger partial charge in [0.25, 0.3) is 0 Å². The average Bonchev–Trinajstić information content (AvgIpc) is 2.71. The summed E-state index contributed by atoms with van der Waals surface area (Å²) in [7, 11) is 0. The highest BCUT2D eigenvalue weighted by Gasteiger charge is 2.16. The zero-order valence-corrected chi connectivity index (χ0v) is 19.1. The maximum atomic E-state index is 12.1. The van der Waals surface area contributed by atoms with E-state index in [4.69, 9.17) is 4.74 Å². The molecule has 7 heteroatoms. The van der Waals surface area contributed by atoms with Crippen LogP contribution in [0.2, 0.25) is 0 Å². The zero-order chi connectivity index (χ0) is 22.7. The maximum Gasteiger partial charge on any atom is 0.407 e. The highest BCUT2D eigenvalue weighted by Crippen LogP contribution is 2.27. The van der Waals surface area contributed by atoms with Crippen LogP contribution in [-0.4, -0.2) is 30.1 Å². The van der Waals surface area contributed by atoms with Gasteiger partial charge in [-0.15, -0.1) is 0 Å². The molecule has 0 bridgehead atoms. The first-order valence-electron chi connectivity index (χ1n) is 11.3. The molecule has 0 radical (unpaired) electrons. The summed E-state index contributed by atoms with van der Waals surface area (Å²) in [5.74, 6) is 0.613. The summed E-state index contributed by atoms with van der Waals surface area (Å²) in [6, 6.07) is 7.39. The Hall–Kier alpha value is -2.57. The Morgan fingerprint density at radius 1 is 0.935 bits per heavy atom. The Balaban J connectivity index is 1.62. The molecule has 2 rings (SSSR count). The molecule has 1 aliphatic rings. The third-order valence-electron chi connectivity index (χ3n) is 5.25. The quantitative estimate of drug-likeness (QED) is 0.536. The van der Waals surface area contributed by atoms with Crippen LogP contribution in [0.5, 0.6) is 0 Å². The van der Waals surface area contributed by atoms with E-state index in [1.165, 1.54) is 32.1 Å². The van der Waals surface area contributed by atoms with Crippen molar-refractivity contribution in [2.24, 2.45) is 5.92 Å². The van der Waals surface area contributed by atoms with Crippen molar-refractivity contribution in [3.63, 3.8) is 0 Å². The molecule has 1 aromatic carbocycles. The van der Waals surface area contributed by atoms with E-state index in [-0.39, 0.29) is 24.8 Å². The van der Waals surface area contributed by atoms with E-state index in [1.807, 2.05) is 24.3 Å². The van der Waals surface area contributed by atoms with Crippen molar-refractivity contribution in [3.05, 3.63) is 29.8 Å². The van der Waals surface area contributed by atoms with Gasteiger partial charge >= 0.3 is 6.09 Å². The Kier molecular flexibility index (Phi) is 9.82. The second-order valence-corrected chi connectivity index (χ2v) is 9.24. The molecule has 0 heterocycles. The normalized spacial score (nSPS) is 14.5. The van der Waals surface area contributed by atoms with E-state index in [1.54, 1.807) is 20.8 Å². The van der Waals surface area contributed by atoms with Crippen LogP contribution >= 0.6 is 0 Å². The topological polar surface area (TPSA) is 96.5 Å². The summed E-state index contributed by atoms with van der Waals surface area (Å²) < 4.78 is 5.13. The van der Waals surface area contributed by atoms with Gasteiger partial charge in [-0.1, -0.05) is 44.2 Å². The van der Waals surface area contributed by atoms with Crippen LogP contribution in [-0.2, 0) is 20.9 Å². The lowest BCUT2D eigenvalue weighted by Crippen LogP contribution is -2.34. The van der Waals surface area contributed by atoms with Crippen LogP contribution in [0.25, 0.3) is 0 Å². The fraction of sp³-hybridized carbons (Fsp3) is 0.625. The van der Waals surface area contributed by atoms with Crippen molar-refractivity contribution in [1.82, 2.24) is 10.6 Å². The second kappa shape index (κ2) is 12.3. The van der Waals surface area contributed by atoms with Gasteiger partial charge in [-0.25, -0.2) is 4.79 Å². The first kappa shape index (κ1) is 24.7. The van der Waals surface area contributed by atoms with E-state index in [0.29, 0.717) is 24.6 Å². The lowest BCUT2D eigenvalue weighted by Gasteiger charge is -2.21. The van der Waals surface area contributed by atoms with Gasteiger partial charge < -0.3 is 20.7 Å². The molecular weight excluding hydrogens is 394 g/mol. The zero-order valence-electron chi connectivity index (χ0n) is 19.1. The molecule has 31 heavy (non-hydrogen) atoms. The summed E-state index contributed by atoms with van der Waals surface area (Å²) in [5, 5.41) is 8.33. The molecule has 0 aromatic heterocycles. The number of anilines is 1. The number of carbonyl (C=O) groups excluding carboxylic acids is 3. The average molecular weight is 432 g/mol. The van der Waals surface area contributed by atoms with Crippen molar-refractivity contribution in [3.8, 4) is 0 Å². The van der Waals surface area contributed by atoms with E-state index >= 15 is 0 Å². The number of alkyl carbamates (subject to hydrolysis) is 1. The van der Waals surface area contributed by atoms with Crippen LogP contribution in [0, 0.1) is 5.92 Å². The van der Waals surface area contributed by atoms with Crippen molar-refractivity contribution >= 4 is 23.6 Å². The van der Waals surface area contributed by atoms with Gasteiger partial charge in [0.05, 0.1) is 0 Å². The Bertz CT molecular complexity index is 719. The molecule has 172 valence electrons. The molecule has 1 aromatic rings. The third kappa shape index (κ3) is 10.9. The van der Waals surface area contributed by atoms with Gasteiger partial charge in [0.1, 0.15) is 5.60 Å². The Labute approximate surface area is 185 Å². The number of rotatable bonds is 9. The van der Waals surface area contributed by atoms with Gasteiger partial charge in [-0.05, 0) is 50.8 Å². The summed E-state index contributed by atoms with van der Waals surface area (Å²) in [4.78, 5) is 35.7. The van der Waals surface area contributed by atoms with Crippen molar-refractivity contribution in [2.75, 3.05) is 11.9 Å². The Morgan fingerprint density at radius 2 is 1.61 bits per heavy atom. The molecule has 1 fully saturated rings. The minimum Gasteiger partial charge on any atom is -0.444 e. The molecule has 0 spiro atoms. The molecular formula is C24H37N3O4. The molecule has 3 N–H and O–H groups in total. The van der Waals surface area contributed by atoms with Crippen LogP contribution in [0.3, 0.4) is 0 Å². The summed E-state index contributed by atoms with van der Waals surface area (Å²) in [5.41, 5.74) is 1.09. The number of amides is 3. The van der Waals surface area contributed by atoms with Gasteiger partial charge in [0.15, 0.2) is 0 Å². The van der Waals surface area contributed by atoms with Crippen LogP contribution in [0.15, 0.2) is 24.3 Å². The predicted molar refractivity (Wildman–Crippen MR) is 122 cm³/mol. The molecule has 0 aliphatic heterocycles. The monoisotopic (exact) mass is 431 g/mol. The smallest absolute Gasteiger partial charge is 0.407 e. The highest BCUT2D eigenvalue weighted by atomic mass is 16.6. The van der Waals surface area contributed by atoms with Crippen molar-refractivity contribution < 1.29 is 19.1 Å². The molecule has 1 aliphatic carbocycles. The minimum atomic E-state index is -0.567. The minimum absolute atomic E-state index is 0.0976. The Morgan fingerprint density at radius 3 is 2.26 bits per heavy atom. The van der Waals surface area contributed by atoms with Crippen LogP contribution < -0.4 is 16.0 Å². The van der Waals surface area contributed by atoms with E-state index in [2.05, 4.69) is 16.0 Å². The number of hydrogen-bond donors (Lipinski definition) is 3. The molecule has 1 saturated carbocycles. The first-order valence-corrected chi connectivity index (χ1v) is 11.3. The van der Waals surface area contributed by atoms with E-state index in [0.717, 1.165) is 12.0 Å². The molecule has 3 amide bonds. The maximum absolute atomic E-state index is 12.1. The van der Waals surface area contributed by atoms with E-state index in [9.17, 15) is 14.4 Å². The van der Waals surface area contributed by atoms with Crippen molar-refractivity contribution in [2.45, 2.75) is 84.3 Å². The van der Waals surface area contributed by atoms with Crippen molar-refractivity contribution in [1.29, 1.82) is 0 Å². The first-order chi connectivity index (χ1) is 14.7. The summed E-state index contributed by atoms with van der Waals surface area (Å²) in [6.45, 7) is 6.03. The summed E-state index contributed by atoms with van der Waals surface area (Å²) in [6.07, 6.45) is 7.65. The largest absolute Gasteiger partial charge is 0.444 e. The number of ether oxygens (including phenoxy) is 1. The van der Waals surface area contributed by atoms with E-state index < -0.39 is 11.7 Å². The fourth-order valence-corrected chi connectivity index (χ4v) is 3.62. The van der Waals surface area contributed by atoms with Gasteiger partial charge in [-0.2, -0.15) is 0 Å². The number of benzene rings is 1. The number of nitrogens with one attached hydrogen (secondary N) is 3. The number of carbonyl (C=O) groups is 3. The van der Waals surface area contributed by atoms with Crippen LogP contribution in [0.1, 0.15) is 77.7 Å². The predicted octanol–water partition coefficient (Wildman–Crippen LogP) is 4.52. The summed E-state index contributed by atoms with van der Waals surface area (Å²) >= 11 is 0. The van der Waals surface area contributed by atoms with Gasteiger partial charge in [0.2, 0.25) is 11.8 Å². The SMILES string of the molecule is CC(C)(C)OC(=O)NCCC(=O)Nc1ccc(CNC(=O)CCC2CCCCC2)cc1. The fourth-order valence-electron chi connectivity index (χ4n) is 3.62. The molecule has 0 unspecified atom stereocenters. The highest BCUT2D eigenvalue weighted by molar-refractivity contribution is 5.91. The lowest BCUT2D eigenvalue weighted by atomic mass is 9.86. The van der Waals surface area contributed by atoms with Gasteiger partial charge in [0, 0.05) is 31.6 Å². The third-order valence-corrected chi connectivity index (χ3v) is 5.25. The molecule has 0 atom stereocenters. The second-order valence-electron chi connectivity index (χ2n) is 9.24. The standard InChI is InChI=1S/C24H37N3O4/c1-24(2,3)31-23(30)25-16-15-22(29)27-20-12-9-19(10-13-20)17-26-21(28)14-11-18-7-5-4-6-8-18/h9-10,12-13,18H,4-8,11,14-17H2,1-3H3,(H,25,30)(H,26,28)(H,27,29). The molecule has 7 nitrogen and oxygen atoms in total. The van der Waals surface area contributed by atoms with Gasteiger partial charge in [-0.3, -0.25) is 9.59 Å². The molecule has 0 saturated heterocycles. The lowest BCUT2D eigenvalue weighted by molar-refractivity contribution is -0.121. The van der Waals surface area contributed by atoms with Crippen LogP contribution in [0.4, 0.5) is 10.5 Å².